The minimum atomic E-state index is -0.321. The second-order valence-corrected chi connectivity index (χ2v) is 3.88. The number of ether oxygens (including phenoxy) is 1. The van der Waals surface area contributed by atoms with Gasteiger partial charge < -0.3 is 9.64 Å². The number of esters is 1. The van der Waals surface area contributed by atoms with Crippen LogP contribution in [0.5, 0.6) is 0 Å². The van der Waals surface area contributed by atoms with Crippen molar-refractivity contribution in [2.75, 3.05) is 20.2 Å². The third-order valence-corrected chi connectivity index (χ3v) is 2.59. The quantitative estimate of drug-likeness (QED) is 0.741. The Bertz CT molecular complexity index is 432. The molecule has 0 aliphatic rings. The molecule has 1 aromatic heterocycles. The number of hydrogen-bond donors (Lipinski definition) is 0. The van der Waals surface area contributed by atoms with Gasteiger partial charge in [-0.05, 0) is 26.0 Å². The van der Waals surface area contributed by atoms with Crippen LogP contribution >= 0.6 is 0 Å². The lowest BCUT2D eigenvalue weighted by atomic mass is 10.2. The number of carbonyl (C=O) groups excluding carboxylic acids is 2. The first-order valence-electron chi connectivity index (χ1n) is 5.88. The average molecular weight is 250 g/mol. The van der Waals surface area contributed by atoms with Gasteiger partial charge in [0.2, 0.25) is 0 Å². The van der Waals surface area contributed by atoms with E-state index in [2.05, 4.69) is 9.72 Å². The molecule has 98 valence electrons. The molecule has 0 fully saturated rings. The Labute approximate surface area is 107 Å². The van der Waals surface area contributed by atoms with Crippen LogP contribution in [-0.4, -0.2) is 42.0 Å². The van der Waals surface area contributed by atoms with Crippen molar-refractivity contribution in [3.05, 3.63) is 29.6 Å². The maximum atomic E-state index is 12.1. The Balaban J connectivity index is 2.70. The van der Waals surface area contributed by atoms with E-state index in [9.17, 15) is 9.59 Å². The van der Waals surface area contributed by atoms with Crippen LogP contribution in [0.25, 0.3) is 0 Å². The summed E-state index contributed by atoms with van der Waals surface area (Å²) in [7, 11) is 1.34. The second-order valence-electron chi connectivity index (χ2n) is 3.88. The fraction of sp³-hybridized carbons (Fsp3) is 0.462. The molecule has 0 saturated carbocycles. The maximum Gasteiger partial charge on any atom is 0.307 e. The highest BCUT2D eigenvalue weighted by Crippen LogP contribution is 2.04. The lowest BCUT2D eigenvalue weighted by Crippen LogP contribution is -2.33. The van der Waals surface area contributed by atoms with Gasteiger partial charge in [-0.25, -0.2) is 4.98 Å². The lowest BCUT2D eigenvalue weighted by molar-refractivity contribution is -0.140. The first-order chi connectivity index (χ1) is 8.58. The molecule has 0 bridgehead atoms. The summed E-state index contributed by atoms with van der Waals surface area (Å²) in [6, 6.07) is 5.31. The van der Waals surface area contributed by atoms with E-state index in [0.29, 0.717) is 18.8 Å². The van der Waals surface area contributed by atoms with Crippen molar-refractivity contribution in [3.63, 3.8) is 0 Å². The topological polar surface area (TPSA) is 59.5 Å². The first-order valence-corrected chi connectivity index (χ1v) is 5.88. The summed E-state index contributed by atoms with van der Waals surface area (Å²) in [6.45, 7) is 4.58. The van der Waals surface area contributed by atoms with E-state index in [1.165, 1.54) is 7.11 Å². The molecule has 5 heteroatoms. The largest absolute Gasteiger partial charge is 0.469 e. The summed E-state index contributed by atoms with van der Waals surface area (Å²) in [5.74, 6) is -0.483. The van der Waals surface area contributed by atoms with Gasteiger partial charge in [-0.2, -0.15) is 0 Å². The molecule has 0 unspecified atom stereocenters. The molecular formula is C13H18N2O3. The van der Waals surface area contributed by atoms with Gasteiger partial charge in [-0.1, -0.05) is 6.07 Å². The predicted molar refractivity (Wildman–Crippen MR) is 67.2 cm³/mol. The molecule has 0 aliphatic carbocycles. The number of aromatic nitrogens is 1. The van der Waals surface area contributed by atoms with Gasteiger partial charge in [0.1, 0.15) is 5.69 Å². The molecule has 1 amide bonds. The van der Waals surface area contributed by atoms with Crippen LogP contribution in [0.3, 0.4) is 0 Å². The van der Waals surface area contributed by atoms with Crippen molar-refractivity contribution in [3.8, 4) is 0 Å². The second kappa shape index (κ2) is 6.74. The van der Waals surface area contributed by atoms with E-state index in [0.717, 1.165) is 5.69 Å². The summed E-state index contributed by atoms with van der Waals surface area (Å²) in [5, 5.41) is 0. The molecule has 1 aromatic rings. The highest BCUT2D eigenvalue weighted by Gasteiger charge is 2.16. The maximum absolute atomic E-state index is 12.1. The predicted octanol–water partition coefficient (Wildman–Crippen LogP) is 1.42. The first kappa shape index (κ1) is 14.2. The molecule has 0 radical (unpaired) electrons. The number of carbonyl (C=O) groups is 2. The van der Waals surface area contributed by atoms with Crippen molar-refractivity contribution >= 4 is 11.9 Å². The van der Waals surface area contributed by atoms with Gasteiger partial charge in [0, 0.05) is 18.8 Å². The third-order valence-electron chi connectivity index (χ3n) is 2.59. The van der Waals surface area contributed by atoms with Crippen LogP contribution in [0.4, 0.5) is 0 Å². The zero-order chi connectivity index (χ0) is 13.5. The van der Waals surface area contributed by atoms with E-state index in [1.807, 2.05) is 19.9 Å². The van der Waals surface area contributed by atoms with Gasteiger partial charge in [0.05, 0.1) is 13.5 Å². The van der Waals surface area contributed by atoms with Gasteiger partial charge in [-0.3, -0.25) is 9.59 Å². The van der Waals surface area contributed by atoms with Crippen molar-refractivity contribution in [1.82, 2.24) is 9.88 Å². The molecule has 0 atom stereocenters. The summed E-state index contributed by atoms with van der Waals surface area (Å²) < 4.78 is 4.56. The summed E-state index contributed by atoms with van der Waals surface area (Å²) >= 11 is 0. The molecule has 0 aliphatic heterocycles. The fourth-order valence-corrected chi connectivity index (χ4v) is 1.56. The lowest BCUT2D eigenvalue weighted by Gasteiger charge is -2.19. The molecule has 5 nitrogen and oxygen atoms in total. The van der Waals surface area contributed by atoms with E-state index in [-0.39, 0.29) is 18.3 Å². The van der Waals surface area contributed by atoms with Crippen LogP contribution in [0.2, 0.25) is 0 Å². The van der Waals surface area contributed by atoms with Crippen molar-refractivity contribution in [1.29, 1.82) is 0 Å². The number of pyridine rings is 1. The Morgan fingerprint density at radius 3 is 2.67 bits per heavy atom. The molecule has 18 heavy (non-hydrogen) atoms. The van der Waals surface area contributed by atoms with Crippen molar-refractivity contribution in [2.45, 2.75) is 20.3 Å². The Hall–Kier alpha value is -1.91. The van der Waals surface area contributed by atoms with Crippen LogP contribution in [-0.2, 0) is 9.53 Å². The standard InChI is InChI=1S/C13H18N2O3/c1-4-15(9-8-12(16)18-3)13(17)11-7-5-6-10(2)14-11/h5-7H,4,8-9H2,1-3H3. The SMILES string of the molecule is CCN(CCC(=O)OC)C(=O)c1cccc(C)n1. The van der Waals surface area contributed by atoms with Crippen molar-refractivity contribution < 1.29 is 14.3 Å². The highest BCUT2D eigenvalue weighted by molar-refractivity contribution is 5.92. The average Bonchev–Trinajstić information content (AvgIpc) is 2.38. The summed E-state index contributed by atoms with van der Waals surface area (Å²) in [4.78, 5) is 29.0. The molecule has 0 aromatic carbocycles. The van der Waals surface area contributed by atoms with Crippen LogP contribution < -0.4 is 0 Å². The molecule has 1 heterocycles. The Morgan fingerprint density at radius 2 is 2.11 bits per heavy atom. The molecule has 1 rings (SSSR count). The monoisotopic (exact) mass is 250 g/mol. The Morgan fingerprint density at radius 1 is 1.39 bits per heavy atom. The van der Waals surface area contributed by atoms with Gasteiger partial charge in [-0.15, -0.1) is 0 Å². The third kappa shape index (κ3) is 3.84. The molecule has 0 saturated heterocycles. The van der Waals surface area contributed by atoms with Crippen LogP contribution in [0, 0.1) is 6.92 Å². The van der Waals surface area contributed by atoms with E-state index < -0.39 is 0 Å². The van der Waals surface area contributed by atoms with Gasteiger partial charge >= 0.3 is 5.97 Å². The van der Waals surface area contributed by atoms with Gasteiger partial charge in [0.15, 0.2) is 0 Å². The van der Waals surface area contributed by atoms with Gasteiger partial charge in [0.25, 0.3) is 5.91 Å². The minimum Gasteiger partial charge on any atom is -0.469 e. The number of nitrogens with zero attached hydrogens (tertiary/aromatic N) is 2. The fourth-order valence-electron chi connectivity index (χ4n) is 1.56. The van der Waals surface area contributed by atoms with Crippen LogP contribution in [0.15, 0.2) is 18.2 Å². The number of aryl methyl sites for hydroxylation is 1. The normalized spacial score (nSPS) is 9.94. The van der Waals surface area contributed by atoms with E-state index in [4.69, 9.17) is 0 Å². The molecule has 0 spiro atoms. The summed E-state index contributed by atoms with van der Waals surface area (Å²) in [5.41, 5.74) is 1.20. The number of hydrogen-bond acceptors (Lipinski definition) is 4. The highest BCUT2D eigenvalue weighted by atomic mass is 16.5. The zero-order valence-corrected chi connectivity index (χ0v) is 11.0. The Kier molecular flexibility index (Phi) is 5.30. The van der Waals surface area contributed by atoms with E-state index in [1.54, 1.807) is 17.0 Å². The van der Waals surface area contributed by atoms with E-state index >= 15 is 0 Å². The number of rotatable bonds is 5. The zero-order valence-electron chi connectivity index (χ0n) is 11.0. The summed E-state index contributed by atoms with van der Waals surface area (Å²) in [6.07, 6.45) is 0.196. The molecular weight excluding hydrogens is 232 g/mol. The van der Waals surface area contributed by atoms with Crippen molar-refractivity contribution in [2.24, 2.45) is 0 Å². The number of amides is 1. The van der Waals surface area contributed by atoms with Crippen LogP contribution in [0.1, 0.15) is 29.5 Å². The molecule has 0 N–H and O–H groups in total. The minimum absolute atomic E-state index is 0.162. The number of methoxy groups -OCH3 is 1. The smallest absolute Gasteiger partial charge is 0.307 e.